The van der Waals surface area contributed by atoms with E-state index in [1.807, 2.05) is 30.3 Å². The van der Waals surface area contributed by atoms with Crippen molar-refractivity contribution in [2.75, 3.05) is 13.2 Å². The highest BCUT2D eigenvalue weighted by molar-refractivity contribution is 5.91. The number of rotatable bonds is 8. The molecular formula is C19H24N2O4. The van der Waals surface area contributed by atoms with Crippen molar-refractivity contribution in [1.29, 1.82) is 0 Å². The lowest BCUT2D eigenvalue weighted by atomic mass is 10.2. The number of nitrogens with one attached hydrogen (secondary N) is 2. The van der Waals surface area contributed by atoms with Crippen molar-refractivity contribution in [2.24, 2.45) is 0 Å². The molecule has 2 rings (SSSR count). The molecule has 1 fully saturated rings. The Morgan fingerprint density at radius 1 is 1.12 bits per heavy atom. The van der Waals surface area contributed by atoms with Crippen LogP contribution in [0, 0.1) is 0 Å². The van der Waals surface area contributed by atoms with Crippen molar-refractivity contribution in [3.63, 3.8) is 0 Å². The predicted molar refractivity (Wildman–Crippen MR) is 94.5 cm³/mol. The smallest absolute Gasteiger partial charge is 0.308 e. The monoisotopic (exact) mass is 344 g/mol. The van der Waals surface area contributed by atoms with E-state index in [0.717, 1.165) is 31.2 Å². The third-order valence-corrected chi connectivity index (χ3v) is 3.94. The predicted octanol–water partition coefficient (Wildman–Crippen LogP) is 1.81. The van der Waals surface area contributed by atoms with Crippen LogP contribution >= 0.6 is 0 Å². The molecule has 0 atom stereocenters. The first-order valence-electron chi connectivity index (χ1n) is 8.59. The van der Waals surface area contributed by atoms with E-state index in [-0.39, 0.29) is 37.4 Å². The Morgan fingerprint density at radius 3 is 2.56 bits per heavy atom. The van der Waals surface area contributed by atoms with Gasteiger partial charge in [-0.2, -0.15) is 0 Å². The first-order chi connectivity index (χ1) is 12.1. The van der Waals surface area contributed by atoms with Crippen LogP contribution in [0.15, 0.2) is 36.4 Å². The summed E-state index contributed by atoms with van der Waals surface area (Å²) >= 11 is 0. The third-order valence-electron chi connectivity index (χ3n) is 3.94. The molecular weight excluding hydrogens is 320 g/mol. The van der Waals surface area contributed by atoms with Gasteiger partial charge in [0, 0.05) is 18.7 Å². The second-order valence-corrected chi connectivity index (χ2v) is 5.99. The van der Waals surface area contributed by atoms with Crippen LogP contribution in [0.3, 0.4) is 0 Å². The van der Waals surface area contributed by atoms with Crippen LogP contribution in [0.25, 0.3) is 6.08 Å². The first-order valence-corrected chi connectivity index (χ1v) is 8.59. The molecule has 0 unspecified atom stereocenters. The van der Waals surface area contributed by atoms with Crippen LogP contribution in [0.2, 0.25) is 0 Å². The molecule has 134 valence electrons. The average Bonchev–Trinajstić information content (AvgIpc) is 3.12. The van der Waals surface area contributed by atoms with Gasteiger partial charge in [0.1, 0.15) is 0 Å². The van der Waals surface area contributed by atoms with E-state index >= 15 is 0 Å². The second-order valence-electron chi connectivity index (χ2n) is 5.99. The van der Waals surface area contributed by atoms with Crippen LogP contribution in [0.4, 0.5) is 0 Å². The van der Waals surface area contributed by atoms with E-state index in [4.69, 9.17) is 4.74 Å². The van der Waals surface area contributed by atoms with Crippen molar-refractivity contribution in [3.05, 3.63) is 42.0 Å². The summed E-state index contributed by atoms with van der Waals surface area (Å²) in [6, 6.07) is 9.65. The molecule has 0 radical (unpaired) electrons. The lowest BCUT2D eigenvalue weighted by molar-refractivity contribution is -0.148. The molecule has 25 heavy (non-hydrogen) atoms. The topological polar surface area (TPSA) is 84.5 Å². The van der Waals surface area contributed by atoms with Gasteiger partial charge in [0.05, 0.1) is 6.42 Å². The van der Waals surface area contributed by atoms with E-state index in [2.05, 4.69) is 10.6 Å². The Labute approximate surface area is 147 Å². The molecule has 6 heteroatoms. The molecule has 1 aliphatic rings. The maximum atomic E-state index is 11.6. The Balaban J connectivity index is 1.56. The Kier molecular flexibility index (Phi) is 7.69. The lowest BCUT2D eigenvalue weighted by Gasteiger charge is -2.11. The molecule has 2 N–H and O–H groups in total. The SMILES string of the molecule is O=C(/C=C/c1ccccc1)NCCC(=O)OCC(=O)NC1CCCC1. The molecule has 1 aromatic carbocycles. The number of hydrogen-bond donors (Lipinski definition) is 2. The van der Waals surface area contributed by atoms with Gasteiger partial charge in [-0.15, -0.1) is 0 Å². The Hall–Kier alpha value is -2.63. The quantitative estimate of drug-likeness (QED) is 0.556. The van der Waals surface area contributed by atoms with Crippen molar-refractivity contribution in [2.45, 2.75) is 38.1 Å². The van der Waals surface area contributed by atoms with Gasteiger partial charge in [0.25, 0.3) is 5.91 Å². The van der Waals surface area contributed by atoms with E-state index < -0.39 is 5.97 Å². The maximum absolute atomic E-state index is 11.6. The van der Waals surface area contributed by atoms with Crippen LogP contribution in [-0.2, 0) is 19.1 Å². The van der Waals surface area contributed by atoms with Crippen LogP contribution in [-0.4, -0.2) is 37.0 Å². The summed E-state index contributed by atoms with van der Waals surface area (Å²) in [6.45, 7) is -0.0990. The number of amides is 2. The number of hydrogen-bond acceptors (Lipinski definition) is 4. The normalized spacial score (nSPS) is 14.4. The molecule has 0 aromatic heterocycles. The van der Waals surface area contributed by atoms with E-state index in [0.29, 0.717) is 0 Å². The molecule has 0 heterocycles. The summed E-state index contributed by atoms with van der Waals surface area (Å²) in [4.78, 5) is 34.9. The summed E-state index contributed by atoms with van der Waals surface area (Å²) in [5.41, 5.74) is 0.922. The van der Waals surface area contributed by atoms with E-state index in [1.165, 1.54) is 6.08 Å². The lowest BCUT2D eigenvalue weighted by Crippen LogP contribution is -2.36. The second kappa shape index (κ2) is 10.3. The van der Waals surface area contributed by atoms with Crippen molar-refractivity contribution in [1.82, 2.24) is 10.6 Å². The zero-order valence-electron chi connectivity index (χ0n) is 14.2. The Bertz CT molecular complexity index is 607. The average molecular weight is 344 g/mol. The maximum Gasteiger partial charge on any atom is 0.308 e. The number of esters is 1. The molecule has 0 bridgehead atoms. The van der Waals surface area contributed by atoms with Gasteiger partial charge in [-0.3, -0.25) is 14.4 Å². The van der Waals surface area contributed by atoms with Gasteiger partial charge >= 0.3 is 5.97 Å². The molecule has 2 amide bonds. The van der Waals surface area contributed by atoms with Crippen LogP contribution < -0.4 is 10.6 Å². The molecule has 1 aromatic rings. The zero-order chi connectivity index (χ0) is 17.9. The molecule has 0 aliphatic heterocycles. The zero-order valence-corrected chi connectivity index (χ0v) is 14.2. The fourth-order valence-corrected chi connectivity index (χ4v) is 2.64. The molecule has 1 aliphatic carbocycles. The highest BCUT2D eigenvalue weighted by Crippen LogP contribution is 2.17. The van der Waals surface area contributed by atoms with Crippen LogP contribution in [0.1, 0.15) is 37.7 Å². The van der Waals surface area contributed by atoms with Crippen molar-refractivity contribution >= 4 is 23.9 Å². The number of benzene rings is 1. The molecule has 1 saturated carbocycles. The van der Waals surface area contributed by atoms with Gasteiger partial charge in [-0.1, -0.05) is 43.2 Å². The number of ether oxygens (including phenoxy) is 1. The van der Waals surface area contributed by atoms with Gasteiger partial charge in [0.2, 0.25) is 5.91 Å². The number of carbonyl (C=O) groups is 3. The fraction of sp³-hybridized carbons (Fsp3) is 0.421. The van der Waals surface area contributed by atoms with E-state index in [1.54, 1.807) is 6.08 Å². The summed E-state index contributed by atoms with van der Waals surface area (Å²) in [5, 5.41) is 5.45. The first kappa shape index (κ1) is 18.7. The Morgan fingerprint density at radius 2 is 1.84 bits per heavy atom. The van der Waals surface area contributed by atoms with Gasteiger partial charge in [0.15, 0.2) is 6.61 Å². The minimum absolute atomic E-state index is 0.0294. The summed E-state index contributed by atoms with van der Waals surface area (Å²) in [6.07, 6.45) is 7.37. The van der Waals surface area contributed by atoms with E-state index in [9.17, 15) is 14.4 Å². The van der Waals surface area contributed by atoms with Crippen molar-refractivity contribution in [3.8, 4) is 0 Å². The summed E-state index contributed by atoms with van der Waals surface area (Å²) in [7, 11) is 0. The summed E-state index contributed by atoms with van der Waals surface area (Å²) < 4.78 is 4.90. The van der Waals surface area contributed by atoms with Crippen LogP contribution in [0.5, 0.6) is 0 Å². The standard InChI is InChI=1S/C19H24N2O4/c22-17(11-10-15-6-2-1-3-7-15)20-13-12-19(24)25-14-18(23)21-16-8-4-5-9-16/h1-3,6-7,10-11,16H,4-5,8-9,12-14H2,(H,20,22)(H,21,23)/b11-10+. The minimum Gasteiger partial charge on any atom is -0.456 e. The third kappa shape index (κ3) is 7.65. The van der Waals surface area contributed by atoms with Gasteiger partial charge < -0.3 is 15.4 Å². The largest absolute Gasteiger partial charge is 0.456 e. The van der Waals surface area contributed by atoms with Crippen molar-refractivity contribution < 1.29 is 19.1 Å². The van der Waals surface area contributed by atoms with Gasteiger partial charge in [-0.25, -0.2) is 0 Å². The van der Waals surface area contributed by atoms with Gasteiger partial charge in [-0.05, 0) is 24.5 Å². The fourth-order valence-electron chi connectivity index (χ4n) is 2.64. The summed E-state index contributed by atoms with van der Waals surface area (Å²) in [5.74, 6) is -1.06. The molecule has 6 nitrogen and oxygen atoms in total. The highest BCUT2D eigenvalue weighted by atomic mass is 16.5. The molecule has 0 saturated heterocycles. The molecule has 0 spiro atoms. The number of carbonyl (C=O) groups excluding carboxylic acids is 3. The highest BCUT2D eigenvalue weighted by Gasteiger charge is 2.17. The minimum atomic E-state index is -0.506.